The Labute approximate surface area is 104 Å². The number of aromatic nitrogens is 1. The van der Waals surface area contributed by atoms with E-state index >= 15 is 0 Å². The van der Waals surface area contributed by atoms with Crippen LogP contribution in [0.1, 0.15) is 5.56 Å². The van der Waals surface area contributed by atoms with Gasteiger partial charge < -0.3 is 19.5 Å². The smallest absolute Gasteiger partial charge is 0.298 e. The van der Waals surface area contributed by atoms with Crippen molar-refractivity contribution >= 4 is 22.8 Å². The van der Waals surface area contributed by atoms with Crippen LogP contribution in [0.4, 0.5) is 11.7 Å². The van der Waals surface area contributed by atoms with Crippen molar-refractivity contribution in [1.82, 2.24) is 4.98 Å². The molecule has 2 N–H and O–H groups in total. The number of nitrogens with zero attached hydrogens (tertiary/aromatic N) is 2. The number of nitrogens with two attached hydrogens (primary N) is 1. The zero-order valence-corrected chi connectivity index (χ0v) is 9.96. The van der Waals surface area contributed by atoms with E-state index in [1.165, 1.54) is 0 Å². The molecule has 0 unspecified atom stereocenters. The number of hydrogen-bond donors (Lipinski definition) is 1. The molecule has 5 nitrogen and oxygen atoms in total. The number of nitrogen functional groups attached to an aromatic ring is 1. The predicted molar refractivity (Wildman–Crippen MR) is 69.2 cm³/mol. The number of para-hydroxylation sites is 1. The Balaban J connectivity index is 1.92. The highest BCUT2D eigenvalue weighted by Crippen LogP contribution is 2.25. The van der Waals surface area contributed by atoms with E-state index in [9.17, 15) is 0 Å². The van der Waals surface area contributed by atoms with Gasteiger partial charge in [-0.3, -0.25) is 0 Å². The summed E-state index contributed by atoms with van der Waals surface area (Å²) in [5, 5.41) is 0. The van der Waals surface area contributed by atoms with Crippen molar-refractivity contribution in [2.24, 2.45) is 0 Å². The minimum absolute atomic E-state index is 0.545. The van der Waals surface area contributed by atoms with Crippen molar-refractivity contribution in [2.75, 3.05) is 17.7 Å². The summed E-state index contributed by atoms with van der Waals surface area (Å²) in [6.45, 7) is 0.670. The molecule has 2 heterocycles. The van der Waals surface area contributed by atoms with E-state index in [1.54, 1.807) is 12.5 Å². The van der Waals surface area contributed by atoms with E-state index < -0.39 is 0 Å². The van der Waals surface area contributed by atoms with E-state index in [-0.39, 0.29) is 0 Å². The van der Waals surface area contributed by atoms with Gasteiger partial charge in [0.25, 0.3) is 6.01 Å². The molecule has 0 bridgehead atoms. The average Bonchev–Trinajstić information content (AvgIpc) is 2.97. The number of anilines is 2. The summed E-state index contributed by atoms with van der Waals surface area (Å²) < 4.78 is 10.7. The van der Waals surface area contributed by atoms with Gasteiger partial charge >= 0.3 is 0 Å². The third-order valence-corrected chi connectivity index (χ3v) is 2.77. The monoisotopic (exact) mass is 243 g/mol. The third-order valence-electron chi connectivity index (χ3n) is 2.77. The summed E-state index contributed by atoms with van der Waals surface area (Å²) in [6, 6.07) is 7.97. The molecule has 2 aromatic heterocycles. The number of oxazole rings is 1. The van der Waals surface area contributed by atoms with Crippen LogP contribution in [0.5, 0.6) is 0 Å². The first-order valence-corrected chi connectivity index (χ1v) is 5.61. The number of furan rings is 1. The molecule has 1 aromatic carbocycles. The van der Waals surface area contributed by atoms with Gasteiger partial charge in [-0.1, -0.05) is 6.07 Å². The van der Waals surface area contributed by atoms with Crippen molar-refractivity contribution in [2.45, 2.75) is 6.54 Å². The van der Waals surface area contributed by atoms with Crippen LogP contribution in [0.3, 0.4) is 0 Å². The van der Waals surface area contributed by atoms with Crippen molar-refractivity contribution in [1.29, 1.82) is 0 Å². The lowest BCUT2D eigenvalue weighted by molar-refractivity contribution is 0.559. The molecule has 0 saturated carbocycles. The molecule has 0 aliphatic heterocycles. The molecule has 0 radical (unpaired) electrons. The molecule has 5 heteroatoms. The molecule has 92 valence electrons. The second-order valence-corrected chi connectivity index (χ2v) is 4.18. The molecule has 0 fully saturated rings. The van der Waals surface area contributed by atoms with Gasteiger partial charge in [0, 0.05) is 12.6 Å². The molecule has 0 aliphatic carbocycles. The van der Waals surface area contributed by atoms with Crippen LogP contribution in [0.15, 0.2) is 45.6 Å². The van der Waals surface area contributed by atoms with E-state index in [1.807, 2.05) is 36.2 Å². The summed E-state index contributed by atoms with van der Waals surface area (Å²) in [6.07, 6.45) is 3.35. The lowest BCUT2D eigenvalue weighted by atomic mass is 10.3. The highest BCUT2D eigenvalue weighted by atomic mass is 16.4. The highest BCUT2D eigenvalue weighted by Gasteiger charge is 2.12. The number of rotatable bonds is 3. The van der Waals surface area contributed by atoms with Crippen LogP contribution >= 0.6 is 0 Å². The molecule has 3 aromatic rings. The first-order valence-electron chi connectivity index (χ1n) is 5.61. The van der Waals surface area contributed by atoms with Gasteiger partial charge in [-0.25, -0.2) is 0 Å². The molecule has 0 saturated heterocycles. The normalized spacial score (nSPS) is 10.9. The minimum atomic E-state index is 0.545. The fourth-order valence-corrected chi connectivity index (χ4v) is 1.85. The zero-order chi connectivity index (χ0) is 12.5. The van der Waals surface area contributed by atoms with E-state index in [2.05, 4.69) is 4.98 Å². The molecule has 0 amide bonds. The lowest BCUT2D eigenvalue weighted by Crippen LogP contribution is -2.16. The number of benzene rings is 1. The third kappa shape index (κ3) is 1.79. The average molecular weight is 243 g/mol. The maximum absolute atomic E-state index is 5.85. The Hall–Kier alpha value is -2.43. The first kappa shape index (κ1) is 10.7. The Kier molecular flexibility index (Phi) is 2.44. The Bertz CT molecular complexity index is 658. The van der Waals surface area contributed by atoms with Gasteiger partial charge in [0.05, 0.1) is 24.8 Å². The molecule has 0 aliphatic rings. The van der Waals surface area contributed by atoms with Crippen molar-refractivity contribution in [3.05, 3.63) is 42.4 Å². The van der Waals surface area contributed by atoms with Crippen molar-refractivity contribution in [3.8, 4) is 0 Å². The summed E-state index contributed by atoms with van der Waals surface area (Å²) >= 11 is 0. The van der Waals surface area contributed by atoms with Crippen LogP contribution in [-0.4, -0.2) is 12.0 Å². The van der Waals surface area contributed by atoms with Gasteiger partial charge in [-0.15, -0.1) is 0 Å². The van der Waals surface area contributed by atoms with Gasteiger partial charge in [0.1, 0.15) is 5.52 Å². The molecule has 18 heavy (non-hydrogen) atoms. The van der Waals surface area contributed by atoms with Crippen LogP contribution in [0.2, 0.25) is 0 Å². The highest BCUT2D eigenvalue weighted by molar-refractivity contribution is 5.86. The minimum Gasteiger partial charge on any atom is -0.472 e. The van der Waals surface area contributed by atoms with Gasteiger partial charge in [0.2, 0.25) is 0 Å². The summed E-state index contributed by atoms with van der Waals surface area (Å²) in [4.78, 5) is 6.30. The van der Waals surface area contributed by atoms with Crippen LogP contribution < -0.4 is 10.6 Å². The molecule has 0 atom stereocenters. The summed E-state index contributed by atoms with van der Waals surface area (Å²) in [7, 11) is 1.91. The predicted octanol–water partition coefficient (Wildman–Crippen LogP) is 2.64. The van der Waals surface area contributed by atoms with Gasteiger partial charge in [0.15, 0.2) is 5.58 Å². The van der Waals surface area contributed by atoms with E-state index in [0.29, 0.717) is 29.3 Å². The molecule has 0 spiro atoms. The van der Waals surface area contributed by atoms with Gasteiger partial charge in [-0.05, 0) is 18.2 Å². The largest absolute Gasteiger partial charge is 0.472 e. The maximum Gasteiger partial charge on any atom is 0.298 e. The molecule has 3 rings (SSSR count). The maximum atomic E-state index is 5.85. The van der Waals surface area contributed by atoms with Crippen LogP contribution in [0, 0.1) is 0 Å². The van der Waals surface area contributed by atoms with Crippen molar-refractivity contribution in [3.63, 3.8) is 0 Å². The second kappa shape index (κ2) is 4.10. The van der Waals surface area contributed by atoms with Crippen LogP contribution in [0.25, 0.3) is 11.1 Å². The number of fused-ring (bicyclic) bond motifs is 1. The second-order valence-electron chi connectivity index (χ2n) is 4.18. The topological polar surface area (TPSA) is 68.4 Å². The van der Waals surface area contributed by atoms with E-state index in [4.69, 9.17) is 14.6 Å². The quantitative estimate of drug-likeness (QED) is 0.716. The standard InChI is InChI=1S/C13H13N3O2/c1-16(7-9-5-6-17-8-9)13-15-12-10(14)3-2-4-11(12)18-13/h2-6,8H,7,14H2,1H3. The Morgan fingerprint density at radius 1 is 1.33 bits per heavy atom. The van der Waals surface area contributed by atoms with Gasteiger partial charge in [-0.2, -0.15) is 4.98 Å². The van der Waals surface area contributed by atoms with E-state index in [0.717, 1.165) is 5.56 Å². The SMILES string of the molecule is CN(Cc1ccoc1)c1nc2c(N)cccc2o1. The first-order chi connectivity index (χ1) is 8.74. The fraction of sp³-hybridized carbons (Fsp3) is 0.154. The van der Waals surface area contributed by atoms with Crippen molar-refractivity contribution < 1.29 is 8.83 Å². The fourth-order valence-electron chi connectivity index (χ4n) is 1.85. The van der Waals surface area contributed by atoms with Crippen LogP contribution in [-0.2, 0) is 6.54 Å². The molecular formula is C13H13N3O2. The number of hydrogen-bond acceptors (Lipinski definition) is 5. The Morgan fingerprint density at radius 2 is 2.22 bits per heavy atom. The lowest BCUT2D eigenvalue weighted by Gasteiger charge is -2.12. The summed E-state index contributed by atoms with van der Waals surface area (Å²) in [5.74, 6) is 0. The molecular weight excluding hydrogens is 230 g/mol. The Morgan fingerprint density at radius 3 is 2.94 bits per heavy atom. The zero-order valence-electron chi connectivity index (χ0n) is 9.96. The summed E-state index contributed by atoms with van der Waals surface area (Å²) in [5.41, 5.74) is 8.94.